The van der Waals surface area contributed by atoms with Crippen LogP contribution in [0.5, 0.6) is 0 Å². The average Bonchev–Trinajstić information content (AvgIpc) is 2.74. The van der Waals surface area contributed by atoms with Crippen molar-refractivity contribution in [3.8, 4) is 11.1 Å². The number of benzene rings is 2. The van der Waals surface area contributed by atoms with Crippen molar-refractivity contribution in [3.63, 3.8) is 0 Å². The van der Waals surface area contributed by atoms with Gasteiger partial charge in [-0.25, -0.2) is 0 Å². The van der Waals surface area contributed by atoms with Crippen LogP contribution in [-0.2, 0) is 32.2 Å². The van der Waals surface area contributed by atoms with E-state index in [1.54, 1.807) is 14.1 Å². The first-order valence-corrected chi connectivity index (χ1v) is 9.58. The van der Waals surface area contributed by atoms with Gasteiger partial charge in [-0.05, 0) is 36.3 Å². The van der Waals surface area contributed by atoms with Crippen LogP contribution in [0.3, 0.4) is 0 Å². The molecule has 0 aliphatic carbocycles. The van der Waals surface area contributed by atoms with Crippen LogP contribution < -0.4 is 10.6 Å². The summed E-state index contributed by atoms with van der Waals surface area (Å²) in [5.41, 5.74) is 4.01. The van der Waals surface area contributed by atoms with Gasteiger partial charge in [0.25, 0.3) is 0 Å². The van der Waals surface area contributed by atoms with E-state index in [0.29, 0.717) is 13.2 Å². The van der Waals surface area contributed by atoms with Crippen LogP contribution in [0.25, 0.3) is 11.1 Å². The Bertz CT molecular complexity index is 744. The number of carbonyl (C=O) groups is 2. The van der Waals surface area contributed by atoms with Gasteiger partial charge in [-0.1, -0.05) is 48.5 Å². The summed E-state index contributed by atoms with van der Waals surface area (Å²) in [7, 11) is 3.27. The minimum Gasteiger partial charge on any atom is -0.481 e. The SMILES string of the molecule is CNC(BOCc1ccc(-c2ccc(COC[C@H](NC)C(=O)O)cc2)cc1)C(=O)O. The number of hydrogen-bond donors (Lipinski definition) is 4. The Morgan fingerprint density at radius 3 is 1.83 bits per heavy atom. The normalized spacial score (nSPS) is 12.9. The molecule has 0 amide bonds. The fourth-order valence-corrected chi connectivity index (χ4v) is 2.73. The number of aliphatic carboxylic acids is 2. The molecule has 0 heterocycles. The molecule has 0 saturated heterocycles. The number of carboxylic acid groups (broad SMARTS) is 2. The second kappa shape index (κ2) is 12.1. The van der Waals surface area contributed by atoms with Crippen LogP contribution in [0.2, 0.25) is 0 Å². The molecule has 2 atom stereocenters. The zero-order valence-electron chi connectivity index (χ0n) is 17.1. The third kappa shape index (κ3) is 7.27. The van der Waals surface area contributed by atoms with E-state index in [9.17, 15) is 9.59 Å². The number of carboxylic acids is 2. The largest absolute Gasteiger partial charge is 0.481 e. The molecular weight excluding hydrogens is 387 g/mol. The Labute approximate surface area is 176 Å². The molecule has 0 spiro atoms. The average molecular weight is 414 g/mol. The van der Waals surface area contributed by atoms with Crippen molar-refractivity contribution < 1.29 is 29.2 Å². The van der Waals surface area contributed by atoms with E-state index in [1.165, 1.54) is 0 Å². The van der Waals surface area contributed by atoms with Crippen LogP contribution in [0.1, 0.15) is 11.1 Å². The lowest BCUT2D eigenvalue weighted by Crippen LogP contribution is -2.40. The fourth-order valence-electron chi connectivity index (χ4n) is 2.73. The molecule has 8 nitrogen and oxygen atoms in total. The third-order valence-corrected chi connectivity index (χ3v) is 4.64. The molecule has 2 aromatic rings. The summed E-state index contributed by atoms with van der Waals surface area (Å²) in [5.74, 6) is -2.60. The van der Waals surface area contributed by atoms with E-state index in [4.69, 9.17) is 19.6 Å². The molecular formula is C21H27BN2O6. The Hall–Kier alpha value is -2.72. The second-order valence-corrected chi connectivity index (χ2v) is 6.78. The van der Waals surface area contributed by atoms with Crippen molar-refractivity contribution in [2.24, 2.45) is 0 Å². The van der Waals surface area contributed by atoms with Gasteiger partial charge in [0.2, 0.25) is 0 Å². The quantitative estimate of drug-likeness (QED) is 0.360. The van der Waals surface area contributed by atoms with Crippen LogP contribution in [0, 0.1) is 0 Å². The predicted molar refractivity (Wildman–Crippen MR) is 114 cm³/mol. The summed E-state index contributed by atoms with van der Waals surface area (Å²) in [6, 6.07) is 15.0. The van der Waals surface area contributed by atoms with Gasteiger partial charge in [0.15, 0.2) is 0 Å². The number of rotatable bonds is 13. The van der Waals surface area contributed by atoms with Crippen molar-refractivity contribution in [2.45, 2.75) is 25.2 Å². The summed E-state index contributed by atoms with van der Waals surface area (Å²) in [5, 5.41) is 23.3. The maximum absolute atomic E-state index is 11.0. The van der Waals surface area contributed by atoms with Crippen LogP contribution in [0.15, 0.2) is 48.5 Å². The molecule has 160 valence electrons. The molecule has 0 radical (unpaired) electrons. The highest BCUT2D eigenvalue weighted by atomic mass is 16.5. The second-order valence-electron chi connectivity index (χ2n) is 6.78. The molecule has 0 aromatic heterocycles. The van der Waals surface area contributed by atoms with Crippen molar-refractivity contribution in [3.05, 3.63) is 59.7 Å². The zero-order valence-corrected chi connectivity index (χ0v) is 17.1. The zero-order chi connectivity index (χ0) is 21.9. The number of nitrogens with one attached hydrogen (secondary N) is 2. The van der Waals surface area contributed by atoms with E-state index in [-0.39, 0.29) is 14.1 Å². The Balaban J connectivity index is 1.84. The van der Waals surface area contributed by atoms with Crippen molar-refractivity contribution in [1.29, 1.82) is 0 Å². The molecule has 9 heteroatoms. The number of likely N-dealkylation sites (N-methyl/N-ethyl adjacent to an activating group) is 2. The third-order valence-electron chi connectivity index (χ3n) is 4.64. The molecule has 0 aliphatic heterocycles. The Kier molecular flexibility index (Phi) is 9.49. The van der Waals surface area contributed by atoms with Gasteiger partial charge in [0.05, 0.1) is 19.8 Å². The van der Waals surface area contributed by atoms with E-state index in [0.717, 1.165) is 22.3 Å². The number of ether oxygens (including phenoxy) is 1. The van der Waals surface area contributed by atoms with E-state index in [1.807, 2.05) is 48.5 Å². The minimum atomic E-state index is -0.939. The Morgan fingerprint density at radius 2 is 1.40 bits per heavy atom. The molecule has 0 saturated carbocycles. The molecule has 2 rings (SSSR count). The van der Waals surface area contributed by atoms with Crippen molar-refractivity contribution in [2.75, 3.05) is 20.7 Å². The smallest absolute Gasteiger partial charge is 0.323 e. The van der Waals surface area contributed by atoms with E-state index < -0.39 is 23.9 Å². The van der Waals surface area contributed by atoms with E-state index in [2.05, 4.69) is 10.6 Å². The first-order valence-electron chi connectivity index (χ1n) is 9.58. The molecule has 0 bridgehead atoms. The molecule has 0 fully saturated rings. The summed E-state index contributed by atoms with van der Waals surface area (Å²) < 4.78 is 10.9. The van der Waals surface area contributed by atoms with Gasteiger partial charge in [-0.15, -0.1) is 0 Å². The lowest BCUT2D eigenvalue weighted by molar-refractivity contribution is -0.141. The summed E-state index contributed by atoms with van der Waals surface area (Å²) in [6.45, 7) is 0.774. The first-order chi connectivity index (χ1) is 14.4. The molecule has 2 aromatic carbocycles. The minimum absolute atomic E-state index is 0.0959. The fraction of sp³-hybridized carbons (Fsp3) is 0.333. The van der Waals surface area contributed by atoms with Crippen molar-refractivity contribution >= 4 is 19.4 Å². The Morgan fingerprint density at radius 1 is 0.867 bits per heavy atom. The van der Waals surface area contributed by atoms with Gasteiger partial charge in [-0.2, -0.15) is 0 Å². The summed E-state index contributed by atoms with van der Waals surface area (Å²) >= 11 is 0. The monoisotopic (exact) mass is 414 g/mol. The highest BCUT2D eigenvalue weighted by molar-refractivity contribution is 6.36. The maximum atomic E-state index is 11.0. The van der Waals surface area contributed by atoms with Crippen molar-refractivity contribution in [1.82, 2.24) is 10.6 Å². The van der Waals surface area contributed by atoms with Crippen LogP contribution in [-0.4, -0.2) is 62.3 Å². The van der Waals surface area contributed by atoms with Gasteiger partial charge < -0.3 is 30.2 Å². The van der Waals surface area contributed by atoms with Crippen LogP contribution in [0.4, 0.5) is 0 Å². The van der Waals surface area contributed by atoms with Gasteiger partial charge >= 0.3 is 19.4 Å². The van der Waals surface area contributed by atoms with Gasteiger partial charge in [-0.3, -0.25) is 9.59 Å². The first kappa shape index (κ1) is 23.6. The molecule has 0 aliphatic rings. The topological polar surface area (TPSA) is 117 Å². The number of hydrogen-bond acceptors (Lipinski definition) is 6. The van der Waals surface area contributed by atoms with Gasteiger partial charge in [0, 0.05) is 0 Å². The summed E-state index contributed by atoms with van der Waals surface area (Å²) in [4.78, 5) is 21.9. The molecule has 30 heavy (non-hydrogen) atoms. The highest BCUT2D eigenvalue weighted by Crippen LogP contribution is 2.21. The lowest BCUT2D eigenvalue weighted by atomic mass is 9.88. The van der Waals surface area contributed by atoms with Gasteiger partial charge in [0.1, 0.15) is 12.0 Å². The molecule has 4 N–H and O–H groups in total. The van der Waals surface area contributed by atoms with Crippen LogP contribution >= 0.6 is 0 Å². The lowest BCUT2D eigenvalue weighted by Gasteiger charge is -2.12. The summed E-state index contributed by atoms with van der Waals surface area (Å²) in [6.07, 6.45) is 0. The highest BCUT2D eigenvalue weighted by Gasteiger charge is 2.17. The standard InChI is InChI=1S/C21H27BN2O6/c1-23-18(20(25)26)13-29-11-14-3-7-16(8-4-14)17-9-5-15(6-10-17)12-30-22-19(24-2)21(27)28/h3-10,18-19,22-24H,11-13H2,1-2H3,(H,25,26)(H,27,28)/t18-,19?/m0/s1. The maximum Gasteiger partial charge on any atom is 0.323 e. The molecule has 1 unspecified atom stereocenters. The predicted octanol–water partition coefficient (Wildman–Crippen LogP) is 1.04. The van der Waals surface area contributed by atoms with E-state index >= 15 is 0 Å².